The van der Waals surface area contributed by atoms with Gasteiger partial charge >= 0.3 is 11.9 Å². The van der Waals surface area contributed by atoms with Crippen LogP contribution in [0.25, 0.3) is 33.4 Å². The number of carboxylic acids is 1. The fourth-order valence-corrected chi connectivity index (χ4v) is 5.40. The monoisotopic (exact) mass is 634 g/mol. The van der Waals surface area contributed by atoms with Gasteiger partial charge in [0.2, 0.25) is 5.43 Å². The zero-order chi connectivity index (χ0) is 30.7. The number of benzene rings is 4. The third-order valence-electron chi connectivity index (χ3n) is 6.04. The lowest BCUT2D eigenvalue weighted by atomic mass is 9.89. The highest BCUT2D eigenvalue weighted by Gasteiger charge is 2.25. The molecule has 1 aliphatic carbocycles. The summed E-state index contributed by atoms with van der Waals surface area (Å²) in [6, 6.07) is 7.60. The zero-order valence-electron chi connectivity index (χ0n) is 20.2. The van der Waals surface area contributed by atoms with Gasteiger partial charge in [-0.25, -0.2) is 26.8 Å². The van der Waals surface area contributed by atoms with Crippen molar-refractivity contribution >= 4 is 56.2 Å². The summed E-state index contributed by atoms with van der Waals surface area (Å²) < 4.78 is 73.1. The standard InChI is InChI=1S/C27H12Cl2F2O10S/c28-16-4-11(42(37,38)39)5-17(29)25(16)41-27(36)10-1-2-12(13(3-10)26(34)35)24-14-6-18(30)20(32)8-22(14)40-23-9-21(33)19(31)7-15(23)24/h1-9,32H,(H,34,35)(H,37,38,39)/p-2. The number of carbonyl (C=O) groups is 2. The lowest BCUT2D eigenvalue weighted by Crippen LogP contribution is -2.12. The lowest BCUT2D eigenvalue weighted by Gasteiger charge is -2.19. The summed E-state index contributed by atoms with van der Waals surface area (Å²) in [5.74, 6) is -7.05. The van der Waals surface area contributed by atoms with Crippen molar-refractivity contribution in [1.82, 2.24) is 0 Å². The molecule has 1 N–H and O–H groups in total. The number of rotatable bonds is 5. The van der Waals surface area contributed by atoms with Crippen LogP contribution in [0.15, 0.2) is 68.7 Å². The molecular weight excluding hydrogens is 625 g/mol. The highest BCUT2D eigenvalue weighted by atomic mass is 35.5. The molecule has 0 radical (unpaired) electrons. The molecule has 1 heterocycles. The van der Waals surface area contributed by atoms with Gasteiger partial charge in [0.15, 0.2) is 11.6 Å². The van der Waals surface area contributed by atoms with Gasteiger partial charge < -0.3 is 23.9 Å². The van der Waals surface area contributed by atoms with E-state index in [9.17, 15) is 46.3 Å². The largest absolute Gasteiger partial charge is 0.870 e. The molecule has 10 nitrogen and oxygen atoms in total. The quantitative estimate of drug-likeness (QED) is 0.119. The zero-order valence-corrected chi connectivity index (χ0v) is 22.6. The first-order chi connectivity index (χ1) is 19.6. The predicted molar refractivity (Wildman–Crippen MR) is 140 cm³/mol. The second kappa shape index (κ2) is 10.4. The second-order valence-electron chi connectivity index (χ2n) is 8.66. The molecule has 1 aliphatic heterocycles. The third kappa shape index (κ3) is 5.14. The molecular formula is C27H10Cl2F2O10S-2. The van der Waals surface area contributed by atoms with Crippen LogP contribution in [-0.4, -0.2) is 30.0 Å². The molecule has 15 heteroatoms. The van der Waals surface area contributed by atoms with Crippen LogP contribution in [0.2, 0.25) is 10.0 Å². The van der Waals surface area contributed by atoms with Crippen molar-refractivity contribution in [3.8, 4) is 33.9 Å². The maximum absolute atomic E-state index is 14.4. The topological polar surface area (TPSA) is 174 Å². The summed E-state index contributed by atoms with van der Waals surface area (Å²) in [5, 5.41) is 20.8. The molecule has 0 atom stereocenters. The van der Waals surface area contributed by atoms with E-state index in [1.165, 1.54) is 0 Å². The molecule has 0 amide bonds. The summed E-state index contributed by atoms with van der Waals surface area (Å²) in [6.07, 6.45) is 0. The van der Waals surface area contributed by atoms with E-state index in [-0.39, 0.29) is 39.0 Å². The Labute approximate surface area is 243 Å². The Morgan fingerprint density at radius 2 is 1.60 bits per heavy atom. The normalized spacial score (nSPS) is 11.6. The minimum atomic E-state index is -4.95. The fraction of sp³-hybridized carbons (Fsp3) is 0. The minimum absolute atomic E-state index is 0.123. The average Bonchev–Trinajstić information content (AvgIpc) is 2.90. The number of carboxylic acid groups (broad SMARTS) is 1. The van der Waals surface area contributed by atoms with Crippen LogP contribution in [0, 0.1) is 11.6 Å². The van der Waals surface area contributed by atoms with Crippen LogP contribution in [0.1, 0.15) is 20.7 Å². The number of aromatic carboxylic acids is 1. The molecule has 0 fully saturated rings. The summed E-state index contributed by atoms with van der Waals surface area (Å²) in [6.45, 7) is 0. The number of halogens is 4. The van der Waals surface area contributed by atoms with Gasteiger partial charge in [0.1, 0.15) is 27.3 Å². The Morgan fingerprint density at radius 1 is 0.929 bits per heavy atom. The number of ether oxygens (including phenoxy) is 1. The lowest BCUT2D eigenvalue weighted by molar-refractivity contribution is -0.272. The van der Waals surface area contributed by atoms with Gasteiger partial charge in [0.05, 0.1) is 26.1 Å². The Kier molecular flexibility index (Phi) is 7.15. The number of fused-ring (bicyclic) bond motifs is 2. The second-order valence-corrected chi connectivity index (χ2v) is 10.9. The smallest absolute Gasteiger partial charge is 0.343 e. The van der Waals surface area contributed by atoms with Gasteiger partial charge in [-0.2, -0.15) is 0 Å². The van der Waals surface area contributed by atoms with E-state index in [0.717, 1.165) is 42.5 Å². The Balaban J connectivity index is 1.68. The third-order valence-corrected chi connectivity index (χ3v) is 7.41. The molecule has 3 aromatic rings. The van der Waals surface area contributed by atoms with Crippen molar-refractivity contribution in [2.45, 2.75) is 4.90 Å². The summed E-state index contributed by atoms with van der Waals surface area (Å²) in [7, 11) is -4.95. The van der Waals surface area contributed by atoms with Gasteiger partial charge in [-0.3, -0.25) is 4.79 Å². The molecule has 0 unspecified atom stereocenters. The molecule has 0 saturated heterocycles. The Bertz CT molecular complexity index is 2100. The maximum Gasteiger partial charge on any atom is 0.343 e. The molecule has 2 aliphatic rings. The van der Waals surface area contributed by atoms with Crippen molar-refractivity contribution in [2.75, 3.05) is 0 Å². The molecule has 5 rings (SSSR count). The highest BCUT2D eigenvalue weighted by molar-refractivity contribution is 7.85. The van der Waals surface area contributed by atoms with E-state index in [2.05, 4.69) is 0 Å². The van der Waals surface area contributed by atoms with E-state index >= 15 is 0 Å². The van der Waals surface area contributed by atoms with Crippen molar-refractivity contribution in [1.29, 1.82) is 0 Å². The molecule has 214 valence electrons. The molecule has 0 aromatic heterocycles. The molecule has 0 saturated carbocycles. The molecule has 3 aromatic carbocycles. The number of hydrogen-bond donors (Lipinski definition) is 1. The van der Waals surface area contributed by atoms with Crippen molar-refractivity contribution in [2.24, 2.45) is 0 Å². The van der Waals surface area contributed by atoms with E-state index in [0.29, 0.717) is 12.1 Å². The number of esters is 1. The maximum atomic E-state index is 14.4. The van der Waals surface area contributed by atoms with Gasteiger partial charge in [-0.05, 0) is 48.0 Å². The summed E-state index contributed by atoms with van der Waals surface area (Å²) in [5.41, 5.74) is -2.68. The fourth-order valence-electron chi connectivity index (χ4n) is 4.18. The van der Waals surface area contributed by atoms with E-state index in [1.54, 1.807) is 0 Å². The molecule has 42 heavy (non-hydrogen) atoms. The number of carbonyl (C=O) groups excluding carboxylic acids is 1. The number of hydrogen-bond acceptors (Lipinski definition) is 9. The van der Waals surface area contributed by atoms with Crippen molar-refractivity contribution in [3.63, 3.8) is 0 Å². The SMILES string of the molecule is O=C(Oc1c(Cl)cc(S(=O)(=O)[O-])cc1Cl)c1ccc(-c2c3cc(F)c(=O)cc-3oc3cc([O-])c(F)cc23)c(C(=O)O)c1. The molecule has 0 spiro atoms. The summed E-state index contributed by atoms with van der Waals surface area (Å²) in [4.78, 5) is 36.4. The van der Waals surface area contributed by atoms with Crippen molar-refractivity contribution in [3.05, 3.63) is 97.6 Å². The van der Waals surface area contributed by atoms with Crippen LogP contribution >= 0.6 is 23.2 Å². The van der Waals surface area contributed by atoms with Crippen molar-refractivity contribution < 1.29 is 50.7 Å². The van der Waals surface area contributed by atoms with Gasteiger partial charge in [0.25, 0.3) is 0 Å². The van der Waals surface area contributed by atoms with Gasteiger partial charge in [-0.1, -0.05) is 35.0 Å². The average molecular weight is 635 g/mol. The first-order valence-electron chi connectivity index (χ1n) is 11.3. The van der Waals surface area contributed by atoms with Crippen LogP contribution < -0.4 is 15.3 Å². The first kappa shape index (κ1) is 29.0. The van der Waals surface area contributed by atoms with E-state index in [4.69, 9.17) is 32.4 Å². The Hall–Kier alpha value is -4.56. The van der Waals surface area contributed by atoms with Gasteiger partial charge in [-0.15, -0.1) is 0 Å². The van der Waals surface area contributed by atoms with Crippen LogP contribution in [0.5, 0.6) is 11.5 Å². The predicted octanol–water partition coefficient (Wildman–Crippen LogP) is 5.04. The van der Waals surface area contributed by atoms with Gasteiger partial charge in [0, 0.05) is 22.6 Å². The minimum Gasteiger partial charge on any atom is -0.870 e. The first-order valence-corrected chi connectivity index (χ1v) is 13.4. The van der Waals surface area contributed by atoms with Crippen LogP contribution in [0.3, 0.4) is 0 Å². The Morgan fingerprint density at radius 3 is 2.21 bits per heavy atom. The van der Waals surface area contributed by atoms with E-state index in [1.807, 2.05) is 0 Å². The van der Waals surface area contributed by atoms with Crippen LogP contribution in [0.4, 0.5) is 8.78 Å². The van der Waals surface area contributed by atoms with Crippen LogP contribution in [-0.2, 0) is 10.1 Å². The van der Waals surface area contributed by atoms with E-state index < -0.39 is 71.1 Å². The highest BCUT2D eigenvalue weighted by Crippen LogP contribution is 2.43. The summed E-state index contributed by atoms with van der Waals surface area (Å²) >= 11 is 11.9. The molecule has 0 bridgehead atoms.